The number of rotatable bonds is 4. The normalized spacial score (nSPS) is 12.0. The maximum Gasteiger partial charge on any atom is 0.336 e. The van der Waals surface area contributed by atoms with E-state index in [2.05, 4.69) is 26.0 Å². The average molecular weight is 352 g/mol. The zero-order chi connectivity index (χ0) is 15.4. The summed E-state index contributed by atoms with van der Waals surface area (Å²) in [5, 5.41) is 13.9. The summed E-state index contributed by atoms with van der Waals surface area (Å²) >= 11 is 3.39. The first-order valence-electron chi connectivity index (χ1n) is 6.24. The summed E-state index contributed by atoms with van der Waals surface area (Å²) < 4.78 is 5.34. The van der Waals surface area contributed by atoms with Gasteiger partial charge in [-0.1, -0.05) is 28.1 Å². The van der Waals surface area contributed by atoms with E-state index in [0.29, 0.717) is 5.56 Å². The quantitative estimate of drug-likeness (QED) is 0.824. The Morgan fingerprint density at radius 3 is 2.62 bits per heavy atom. The molecule has 110 valence electrons. The lowest BCUT2D eigenvalue weighted by molar-refractivity contribution is -0.149. The smallest absolute Gasteiger partial charge is 0.336 e. The van der Waals surface area contributed by atoms with Gasteiger partial charge in [-0.3, -0.25) is 4.79 Å². The zero-order valence-electron chi connectivity index (χ0n) is 11.3. The Balaban J connectivity index is 2.09. The zero-order valence-corrected chi connectivity index (χ0v) is 12.9. The van der Waals surface area contributed by atoms with Gasteiger partial charge in [0.15, 0.2) is 6.10 Å². The second-order valence-corrected chi connectivity index (χ2v) is 5.37. The van der Waals surface area contributed by atoms with Crippen LogP contribution >= 0.6 is 15.9 Å². The van der Waals surface area contributed by atoms with Crippen molar-refractivity contribution in [1.29, 1.82) is 0 Å². The van der Waals surface area contributed by atoms with Gasteiger partial charge in [0, 0.05) is 10.0 Å². The van der Waals surface area contributed by atoms with E-state index < -0.39 is 12.1 Å². The van der Waals surface area contributed by atoms with Crippen molar-refractivity contribution in [3.8, 4) is 0 Å². The minimum Gasteiger partial charge on any atom is -0.467 e. The molecule has 2 aromatic carbocycles. The lowest BCUT2D eigenvalue weighted by atomic mass is 10.1. The molecular formula is C15H14BrNO4. The number of ether oxygens (including phenoxy) is 1. The number of esters is 1. The highest BCUT2D eigenvalue weighted by molar-refractivity contribution is 9.10. The molecule has 6 heteroatoms. The van der Waals surface area contributed by atoms with Gasteiger partial charge in [-0.05, 0) is 35.0 Å². The van der Waals surface area contributed by atoms with Gasteiger partial charge >= 0.3 is 5.97 Å². The van der Waals surface area contributed by atoms with E-state index in [1.807, 2.05) is 24.3 Å². The van der Waals surface area contributed by atoms with Crippen molar-refractivity contribution in [2.45, 2.75) is 6.10 Å². The summed E-state index contributed by atoms with van der Waals surface area (Å²) in [5.74, 6) is -1.14. The van der Waals surface area contributed by atoms with Crippen LogP contribution in [0.25, 0.3) is 10.8 Å². The molecule has 2 N–H and O–H groups in total. The van der Waals surface area contributed by atoms with E-state index >= 15 is 0 Å². The number of hydrogen-bond donors (Lipinski definition) is 2. The van der Waals surface area contributed by atoms with Crippen molar-refractivity contribution < 1.29 is 19.4 Å². The SMILES string of the molecule is COC(=O)C(O)CNC(=O)c1ccc2cc(Br)ccc2c1. The van der Waals surface area contributed by atoms with Gasteiger partial charge in [-0.2, -0.15) is 0 Å². The van der Waals surface area contributed by atoms with Gasteiger partial charge in [-0.25, -0.2) is 4.79 Å². The van der Waals surface area contributed by atoms with Crippen LogP contribution in [-0.4, -0.2) is 36.7 Å². The first-order valence-corrected chi connectivity index (χ1v) is 7.04. The second-order valence-electron chi connectivity index (χ2n) is 4.46. The fourth-order valence-corrected chi connectivity index (χ4v) is 2.25. The molecule has 0 aromatic heterocycles. The molecule has 0 spiro atoms. The Morgan fingerprint density at radius 1 is 1.24 bits per heavy atom. The number of nitrogens with one attached hydrogen (secondary N) is 1. The first kappa shape index (κ1) is 15.5. The first-order chi connectivity index (χ1) is 10.0. The van der Waals surface area contributed by atoms with Crippen molar-refractivity contribution >= 4 is 38.6 Å². The van der Waals surface area contributed by atoms with Gasteiger partial charge in [0.05, 0.1) is 13.7 Å². The number of carbonyl (C=O) groups is 2. The highest BCUT2D eigenvalue weighted by Gasteiger charge is 2.16. The summed E-state index contributed by atoms with van der Waals surface area (Å²) in [7, 11) is 1.18. The van der Waals surface area contributed by atoms with Crippen LogP contribution in [0.3, 0.4) is 0 Å². The van der Waals surface area contributed by atoms with Crippen molar-refractivity contribution in [3.63, 3.8) is 0 Å². The summed E-state index contributed by atoms with van der Waals surface area (Å²) in [5.41, 5.74) is 0.460. The summed E-state index contributed by atoms with van der Waals surface area (Å²) in [6.07, 6.45) is -1.37. The molecule has 5 nitrogen and oxygen atoms in total. The summed E-state index contributed by atoms with van der Waals surface area (Å²) in [4.78, 5) is 23.0. The highest BCUT2D eigenvalue weighted by Crippen LogP contribution is 2.20. The molecule has 2 rings (SSSR count). The maximum absolute atomic E-state index is 12.0. The number of fused-ring (bicyclic) bond motifs is 1. The molecule has 0 aliphatic heterocycles. The molecule has 21 heavy (non-hydrogen) atoms. The van der Waals surface area contributed by atoms with Crippen LogP contribution in [0, 0.1) is 0 Å². The summed E-state index contributed by atoms with van der Waals surface area (Å²) in [6.45, 7) is -0.191. The van der Waals surface area contributed by atoms with E-state index in [0.717, 1.165) is 15.2 Å². The van der Waals surface area contributed by atoms with E-state index in [1.54, 1.807) is 12.1 Å². The fourth-order valence-electron chi connectivity index (χ4n) is 1.87. The van der Waals surface area contributed by atoms with Crippen LogP contribution < -0.4 is 5.32 Å². The maximum atomic E-state index is 12.0. The number of halogens is 1. The largest absolute Gasteiger partial charge is 0.467 e. The minimum absolute atomic E-state index is 0.191. The Labute approximate surface area is 130 Å². The highest BCUT2D eigenvalue weighted by atomic mass is 79.9. The average Bonchev–Trinajstić information content (AvgIpc) is 2.50. The third-order valence-electron chi connectivity index (χ3n) is 2.99. The van der Waals surface area contributed by atoms with Crippen molar-refractivity contribution in [2.75, 3.05) is 13.7 Å². The number of benzene rings is 2. The molecule has 1 amide bonds. The summed E-state index contributed by atoms with van der Waals surface area (Å²) in [6, 6.07) is 11.0. The molecule has 0 saturated heterocycles. The van der Waals surface area contributed by atoms with Gasteiger partial charge in [0.2, 0.25) is 0 Å². The predicted octanol–water partition coefficient (Wildman–Crippen LogP) is 1.87. The van der Waals surface area contributed by atoms with Crippen molar-refractivity contribution in [3.05, 3.63) is 46.4 Å². The molecule has 1 unspecified atom stereocenters. The van der Waals surface area contributed by atoms with E-state index in [1.165, 1.54) is 7.11 Å². The number of aliphatic hydroxyl groups is 1. The van der Waals surface area contributed by atoms with Crippen LogP contribution in [0.1, 0.15) is 10.4 Å². The standard InChI is InChI=1S/C15H14BrNO4/c1-21-15(20)13(18)8-17-14(19)11-3-2-10-7-12(16)5-4-9(10)6-11/h2-7,13,18H,8H2,1H3,(H,17,19). The third kappa shape index (κ3) is 3.80. The van der Waals surface area contributed by atoms with E-state index in [-0.39, 0.29) is 12.5 Å². The van der Waals surface area contributed by atoms with E-state index in [4.69, 9.17) is 0 Å². The predicted molar refractivity (Wildman–Crippen MR) is 82.0 cm³/mol. The van der Waals surface area contributed by atoms with Gasteiger partial charge in [-0.15, -0.1) is 0 Å². The lowest BCUT2D eigenvalue weighted by Crippen LogP contribution is -2.37. The van der Waals surface area contributed by atoms with Crippen LogP contribution in [0.2, 0.25) is 0 Å². The Hall–Kier alpha value is -1.92. The Bertz CT molecular complexity index is 686. The number of amides is 1. The minimum atomic E-state index is -1.37. The van der Waals surface area contributed by atoms with Crippen molar-refractivity contribution in [2.24, 2.45) is 0 Å². The van der Waals surface area contributed by atoms with Gasteiger partial charge in [0.25, 0.3) is 5.91 Å². The molecule has 0 saturated carbocycles. The molecular weight excluding hydrogens is 338 g/mol. The second kappa shape index (κ2) is 6.69. The van der Waals surface area contributed by atoms with E-state index in [9.17, 15) is 14.7 Å². The number of methoxy groups -OCH3 is 1. The number of aliphatic hydroxyl groups excluding tert-OH is 1. The Morgan fingerprint density at radius 2 is 1.90 bits per heavy atom. The Kier molecular flexibility index (Phi) is 4.93. The van der Waals surface area contributed by atoms with Crippen LogP contribution in [-0.2, 0) is 9.53 Å². The number of hydrogen-bond acceptors (Lipinski definition) is 4. The van der Waals surface area contributed by atoms with Gasteiger partial charge < -0.3 is 15.2 Å². The van der Waals surface area contributed by atoms with Crippen LogP contribution in [0.15, 0.2) is 40.9 Å². The third-order valence-corrected chi connectivity index (χ3v) is 3.49. The molecule has 0 heterocycles. The molecule has 0 bridgehead atoms. The van der Waals surface area contributed by atoms with Crippen LogP contribution in [0.5, 0.6) is 0 Å². The van der Waals surface area contributed by atoms with Gasteiger partial charge in [0.1, 0.15) is 0 Å². The molecule has 1 atom stereocenters. The molecule has 2 aromatic rings. The molecule has 0 aliphatic carbocycles. The fraction of sp³-hybridized carbons (Fsp3) is 0.200. The molecule has 0 radical (unpaired) electrons. The molecule has 0 fully saturated rings. The van der Waals surface area contributed by atoms with Crippen molar-refractivity contribution in [1.82, 2.24) is 5.32 Å². The monoisotopic (exact) mass is 351 g/mol. The molecule has 0 aliphatic rings. The van der Waals surface area contributed by atoms with Crippen LogP contribution in [0.4, 0.5) is 0 Å². The number of carbonyl (C=O) groups excluding carboxylic acids is 2. The lowest BCUT2D eigenvalue weighted by Gasteiger charge is -2.10. The topological polar surface area (TPSA) is 75.6 Å².